The van der Waals surface area contributed by atoms with Gasteiger partial charge in [-0.05, 0) is 65.4 Å². The lowest BCUT2D eigenvalue weighted by molar-refractivity contribution is 0.0218. The fourth-order valence-electron chi connectivity index (χ4n) is 7.51. The predicted molar refractivity (Wildman–Crippen MR) is 191 cm³/mol. The van der Waals surface area contributed by atoms with Gasteiger partial charge >= 0.3 is 0 Å². The summed E-state index contributed by atoms with van der Waals surface area (Å²) in [6.45, 7) is 9.76. The molecular weight excluding hydrogens is 635 g/mol. The van der Waals surface area contributed by atoms with Gasteiger partial charge in [0, 0.05) is 66.8 Å². The maximum Gasteiger partial charge on any atom is 0.255 e. The highest BCUT2D eigenvalue weighted by molar-refractivity contribution is 5.99. The predicted octanol–water partition coefficient (Wildman–Crippen LogP) is 4.80. The van der Waals surface area contributed by atoms with Gasteiger partial charge in [-0.3, -0.25) is 4.79 Å². The van der Waals surface area contributed by atoms with E-state index in [4.69, 9.17) is 15.2 Å². The second-order valence-corrected chi connectivity index (χ2v) is 14.2. The third-order valence-electron chi connectivity index (χ3n) is 10.3. The first-order valence-corrected chi connectivity index (χ1v) is 17.4. The molecule has 0 bridgehead atoms. The SMILES string of the molecule is CC1(C)CN(C2CCN(CCO)CC2)c2ccc(-c3ccc(CO[C@H]4COC[C@@H]4NC(=O)c4cc(-c5cccnc5F)cnc4N)cc3)cc21. The van der Waals surface area contributed by atoms with Gasteiger partial charge in [-0.25, -0.2) is 9.97 Å². The first kappa shape index (κ1) is 34.0. The molecule has 2 fully saturated rings. The summed E-state index contributed by atoms with van der Waals surface area (Å²) in [6, 6.07) is 20.2. The highest BCUT2D eigenvalue weighted by atomic mass is 19.1. The number of aliphatic hydroxyl groups is 1. The fraction of sp³-hybridized carbons (Fsp3) is 0.410. The van der Waals surface area contributed by atoms with Crippen LogP contribution in [-0.4, -0.2) is 90.1 Å². The Balaban J connectivity index is 0.972. The van der Waals surface area contributed by atoms with Gasteiger partial charge < -0.3 is 35.4 Å². The smallest absolute Gasteiger partial charge is 0.255 e. The molecule has 1 amide bonds. The van der Waals surface area contributed by atoms with Crippen LogP contribution in [0, 0.1) is 5.95 Å². The molecule has 0 saturated carbocycles. The maximum atomic E-state index is 14.3. The molecule has 0 radical (unpaired) electrons. The Morgan fingerprint density at radius 3 is 2.60 bits per heavy atom. The number of anilines is 2. The second kappa shape index (κ2) is 14.4. The number of aromatic nitrogens is 2. The van der Waals surface area contributed by atoms with Crippen molar-refractivity contribution in [2.45, 2.75) is 56.9 Å². The van der Waals surface area contributed by atoms with Gasteiger partial charge in [0.15, 0.2) is 0 Å². The van der Waals surface area contributed by atoms with Crippen LogP contribution in [0.3, 0.4) is 0 Å². The molecule has 10 nitrogen and oxygen atoms in total. The Labute approximate surface area is 292 Å². The van der Waals surface area contributed by atoms with Gasteiger partial charge in [0.25, 0.3) is 5.91 Å². The number of benzene rings is 2. The number of ether oxygens (including phenoxy) is 2. The van der Waals surface area contributed by atoms with Gasteiger partial charge in [-0.2, -0.15) is 4.39 Å². The van der Waals surface area contributed by atoms with E-state index >= 15 is 0 Å². The van der Waals surface area contributed by atoms with Crippen molar-refractivity contribution in [1.82, 2.24) is 20.2 Å². The largest absolute Gasteiger partial charge is 0.395 e. The van der Waals surface area contributed by atoms with Crippen LogP contribution in [0.2, 0.25) is 0 Å². The molecule has 0 unspecified atom stereocenters. The Bertz CT molecular complexity index is 1830. The molecule has 5 heterocycles. The summed E-state index contributed by atoms with van der Waals surface area (Å²) in [7, 11) is 0. The first-order valence-electron chi connectivity index (χ1n) is 17.4. The number of hydrogen-bond acceptors (Lipinski definition) is 9. The third kappa shape index (κ3) is 7.09. The van der Waals surface area contributed by atoms with Crippen LogP contribution in [0.25, 0.3) is 22.3 Å². The van der Waals surface area contributed by atoms with E-state index in [2.05, 4.69) is 81.4 Å². The number of nitrogens with one attached hydrogen (secondary N) is 1. The van der Waals surface area contributed by atoms with Gasteiger partial charge in [-0.15, -0.1) is 0 Å². The number of rotatable bonds is 10. The van der Waals surface area contributed by atoms with Crippen LogP contribution in [0.15, 0.2) is 73.1 Å². The molecule has 4 aromatic rings. The Morgan fingerprint density at radius 1 is 1.06 bits per heavy atom. The van der Waals surface area contributed by atoms with Crippen molar-refractivity contribution in [2.24, 2.45) is 0 Å². The number of likely N-dealkylation sites (tertiary alicyclic amines) is 1. The van der Waals surface area contributed by atoms with Gasteiger partial charge in [0.2, 0.25) is 5.95 Å². The summed E-state index contributed by atoms with van der Waals surface area (Å²) in [6.07, 6.45) is 4.68. The minimum absolute atomic E-state index is 0.0480. The monoisotopic (exact) mass is 680 g/mol. The van der Waals surface area contributed by atoms with Crippen LogP contribution in [0.5, 0.6) is 0 Å². The number of pyridine rings is 2. The minimum atomic E-state index is -0.651. The number of amides is 1. The molecule has 2 aromatic carbocycles. The topological polar surface area (TPSA) is 126 Å². The minimum Gasteiger partial charge on any atom is -0.395 e. The average molecular weight is 681 g/mol. The number of carbonyl (C=O) groups excluding carboxylic acids is 1. The zero-order valence-electron chi connectivity index (χ0n) is 28.6. The summed E-state index contributed by atoms with van der Waals surface area (Å²) in [4.78, 5) is 26.0. The zero-order chi connectivity index (χ0) is 34.8. The van der Waals surface area contributed by atoms with Gasteiger partial charge in [-0.1, -0.05) is 44.2 Å². The number of nitrogen functional groups attached to an aromatic ring is 1. The van der Waals surface area contributed by atoms with Crippen molar-refractivity contribution in [3.05, 3.63) is 95.7 Å². The fourth-order valence-corrected chi connectivity index (χ4v) is 7.51. The highest BCUT2D eigenvalue weighted by Crippen LogP contribution is 2.44. The Hall–Kier alpha value is -4.42. The quantitative estimate of drug-likeness (QED) is 0.203. The molecule has 2 saturated heterocycles. The number of nitrogens with two attached hydrogens (primary N) is 1. The molecule has 7 rings (SSSR count). The first-order chi connectivity index (χ1) is 24.2. The van der Waals surface area contributed by atoms with Crippen LogP contribution >= 0.6 is 0 Å². The molecular formula is C39H45FN6O4. The number of hydrogen-bond donors (Lipinski definition) is 3. The lowest BCUT2D eigenvalue weighted by atomic mass is 9.85. The standard InChI is InChI=1S/C39H45FN6O4/c1-39(2)24-46(29-11-14-45(15-12-29)16-17-47)34-10-9-27(19-32(34)39)26-7-5-25(6-8-26)21-50-35-23-49-22-33(35)44-38(48)31-18-28(20-43-37(31)41)30-4-3-13-42-36(30)40/h3-10,13,18-20,29,33,35,47H,11-12,14-17,21-24H2,1-2H3,(H2,41,43)(H,44,48)/t33-,35-/m0/s1. The third-order valence-corrected chi connectivity index (χ3v) is 10.3. The van der Waals surface area contributed by atoms with Crippen LogP contribution in [-0.2, 0) is 21.5 Å². The summed E-state index contributed by atoms with van der Waals surface area (Å²) >= 11 is 0. The Kier molecular flexibility index (Phi) is 9.83. The molecule has 2 atom stereocenters. The number of aliphatic hydroxyl groups excluding tert-OH is 1. The number of halogens is 1. The molecule has 0 spiro atoms. The average Bonchev–Trinajstić information content (AvgIpc) is 3.68. The zero-order valence-corrected chi connectivity index (χ0v) is 28.6. The van der Waals surface area contributed by atoms with Crippen molar-refractivity contribution in [2.75, 3.05) is 56.6 Å². The van der Waals surface area contributed by atoms with E-state index in [0.29, 0.717) is 31.4 Å². The molecule has 50 heavy (non-hydrogen) atoms. The van der Waals surface area contributed by atoms with Gasteiger partial charge in [0.1, 0.15) is 11.9 Å². The molecule has 4 N–H and O–H groups in total. The van der Waals surface area contributed by atoms with Crippen molar-refractivity contribution < 1.29 is 23.8 Å². The molecule has 0 aliphatic carbocycles. The second-order valence-electron chi connectivity index (χ2n) is 14.2. The van der Waals surface area contributed by atoms with E-state index in [1.807, 2.05) is 0 Å². The van der Waals surface area contributed by atoms with Crippen LogP contribution in [0.1, 0.15) is 48.2 Å². The van der Waals surface area contributed by atoms with E-state index in [1.54, 1.807) is 12.1 Å². The van der Waals surface area contributed by atoms with E-state index in [1.165, 1.54) is 35.3 Å². The van der Waals surface area contributed by atoms with Gasteiger partial charge in [0.05, 0.1) is 38.0 Å². The Morgan fingerprint density at radius 2 is 1.84 bits per heavy atom. The van der Waals surface area contributed by atoms with E-state index < -0.39 is 11.9 Å². The lowest BCUT2D eigenvalue weighted by Gasteiger charge is -2.38. The summed E-state index contributed by atoms with van der Waals surface area (Å²) in [5.74, 6) is -1.03. The molecule has 2 aromatic heterocycles. The number of β-amino-alcohol motifs (C(OH)–C–C–N with tert-alkyl or cyclic N) is 1. The summed E-state index contributed by atoms with van der Waals surface area (Å²) in [5, 5.41) is 12.3. The van der Waals surface area contributed by atoms with Crippen molar-refractivity contribution >= 4 is 17.4 Å². The lowest BCUT2D eigenvalue weighted by Crippen LogP contribution is -2.46. The van der Waals surface area contributed by atoms with Crippen LogP contribution < -0.4 is 16.0 Å². The number of fused-ring (bicyclic) bond motifs is 1. The molecule has 11 heteroatoms. The van der Waals surface area contributed by atoms with Crippen LogP contribution in [0.4, 0.5) is 15.9 Å². The molecule has 3 aliphatic heterocycles. The van der Waals surface area contributed by atoms with Crippen molar-refractivity contribution in [3.63, 3.8) is 0 Å². The summed E-state index contributed by atoms with van der Waals surface area (Å²) in [5.41, 5.74) is 13.0. The highest BCUT2D eigenvalue weighted by Gasteiger charge is 2.39. The number of carbonyl (C=O) groups is 1. The van der Waals surface area contributed by atoms with E-state index in [9.17, 15) is 14.3 Å². The van der Waals surface area contributed by atoms with E-state index in [-0.39, 0.29) is 41.1 Å². The number of nitrogens with zero attached hydrogens (tertiary/aromatic N) is 4. The van der Waals surface area contributed by atoms with Crippen molar-refractivity contribution in [1.29, 1.82) is 0 Å². The maximum absolute atomic E-state index is 14.3. The summed E-state index contributed by atoms with van der Waals surface area (Å²) < 4.78 is 26.2. The van der Waals surface area contributed by atoms with Crippen molar-refractivity contribution in [3.8, 4) is 22.3 Å². The van der Waals surface area contributed by atoms with E-state index in [0.717, 1.165) is 50.1 Å². The molecule has 262 valence electrons. The molecule has 3 aliphatic rings. The number of piperidine rings is 1. The normalized spacial score (nSPS) is 20.6.